The van der Waals surface area contributed by atoms with E-state index in [2.05, 4.69) is 36.8 Å². The number of ether oxygens (including phenoxy) is 2. The molecule has 0 aromatic carbocycles. The molecule has 1 aliphatic heterocycles. The number of esters is 2. The fourth-order valence-electron chi connectivity index (χ4n) is 3.55. The highest BCUT2D eigenvalue weighted by Crippen LogP contribution is 2.26. The molecular weight excluding hydrogens is 499 g/mol. The predicted octanol–water partition coefficient (Wildman–Crippen LogP) is 0.996. The third kappa shape index (κ3) is 5.23. The number of piperazine rings is 1. The number of pyridine rings is 1. The summed E-state index contributed by atoms with van der Waals surface area (Å²) in [4.78, 5) is 51.1. The molecule has 1 N–H and O–H groups in total. The van der Waals surface area contributed by atoms with Gasteiger partial charge in [0.2, 0.25) is 5.95 Å². The van der Waals surface area contributed by atoms with Crippen LogP contribution in [0.1, 0.15) is 17.4 Å². The van der Waals surface area contributed by atoms with Crippen LogP contribution in [0, 0.1) is 11.8 Å². The van der Waals surface area contributed by atoms with Gasteiger partial charge in [-0.15, -0.1) is 5.92 Å². The van der Waals surface area contributed by atoms with Gasteiger partial charge in [-0.05, 0) is 19.1 Å². The van der Waals surface area contributed by atoms with Crippen LogP contribution in [-0.2, 0) is 23.1 Å². The molecule has 15 heteroatoms. The number of alkyl halides is 3. The van der Waals surface area contributed by atoms with E-state index in [9.17, 15) is 27.6 Å². The number of imidazole rings is 1. The average Bonchev–Trinajstić information content (AvgIpc) is 3.24. The van der Waals surface area contributed by atoms with Gasteiger partial charge in [-0.1, -0.05) is 5.92 Å². The molecule has 1 saturated heterocycles. The van der Waals surface area contributed by atoms with E-state index in [1.807, 2.05) is 4.90 Å². The summed E-state index contributed by atoms with van der Waals surface area (Å²) < 4.78 is 49.7. The lowest BCUT2D eigenvalue weighted by Crippen LogP contribution is -2.44. The second-order valence-electron chi connectivity index (χ2n) is 7.72. The predicted molar refractivity (Wildman–Crippen MR) is 122 cm³/mol. The maximum atomic E-state index is 13.3. The Labute approximate surface area is 207 Å². The zero-order valence-electron chi connectivity index (χ0n) is 19.6. The monoisotopic (exact) mass is 519 g/mol. The molecule has 3 aromatic rings. The topological polar surface area (TPSA) is 133 Å². The minimum absolute atomic E-state index is 0.0461. The molecule has 0 unspecified atom stereocenters. The fourth-order valence-corrected chi connectivity index (χ4v) is 3.55. The molecule has 0 saturated carbocycles. The number of anilines is 1. The Hall–Kier alpha value is -4.45. The van der Waals surface area contributed by atoms with Gasteiger partial charge in [-0.25, -0.2) is 14.6 Å². The first-order chi connectivity index (χ1) is 17.6. The van der Waals surface area contributed by atoms with Gasteiger partial charge in [0, 0.05) is 39.4 Å². The summed E-state index contributed by atoms with van der Waals surface area (Å²) in [5.74, 6) is 1.43. The van der Waals surface area contributed by atoms with Crippen LogP contribution in [0.3, 0.4) is 0 Å². The summed E-state index contributed by atoms with van der Waals surface area (Å²) in [7, 11) is 1.36. The van der Waals surface area contributed by atoms with Crippen LogP contribution in [0.5, 0.6) is 11.8 Å². The average molecular weight is 519 g/mol. The van der Waals surface area contributed by atoms with E-state index >= 15 is 0 Å². The first kappa shape index (κ1) is 25.6. The largest absolute Gasteiger partial charge is 0.491 e. The van der Waals surface area contributed by atoms with E-state index < -0.39 is 29.4 Å². The number of fused-ring (bicyclic) bond motifs is 1. The maximum absolute atomic E-state index is 13.3. The molecule has 4 rings (SSSR count). The Morgan fingerprint density at radius 1 is 1.22 bits per heavy atom. The van der Waals surface area contributed by atoms with Crippen LogP contribution in [-0.4, -0.2) is 68.4 Å². The van der Waals surface area contributed by atoms with Gasteiger partial charge >= 0.3 is 24.1 Å². The van der Waals surface area contributed by atoms with E-state index in [0.717, 1.165) is 23.9 Å². The van der Waals surface area contributed by atoms with E-state index in [-0.39, 0.29) is 29.5 Å². The number of carbonyl (C=O) groups excluding carboxylic acids is 2. The highest BCUT2D eigenvalue weighted by atomic mass is 19.4. The summed E-state index contributed by atoms with van der Waals surface area (Å²) in [5.41, 5.74) is -1.04. The van der Waals surface area contributed by atoms with E-state index in [0.29, 0.717) is 19.0 Å². The number of nitrogens with one attached hydrogen (secondary N) is 1. The number of halogens is 3. The number of carbonyl (C=O) groups is 2. The highest BCUT2D eigenvalue weighted by molar-refractivity contribution is 5.98. The zero-order valence-corrected chi connectivity index (χ0v) is 19.6. The third-order valence-electron chi connectivity index (χ3n) is 5.32. The second-order valence-corrected chi connectivity index (χ2v) is 7.72. The van der Waals surface area contributed by atoms with E-state index in [4.69, 9.17) is 4.74 Å². The molecule has 12 nitrogen and oxygen atoms in total. The van der Waals surface area contributed by atoms with Crippen LogP contribution in [0.4, 0.5) is 19.1 Å². The van der Waals surface area contributed by atoms with Crippen molar-refractivity contribution in [2.75, 3.05) is 31.1 Å². The van der Waals surface area contributed by atoms with E-state index in [1.54, 1.807) is 11.5 Å². The molecule has 194 valence electrons. The minimum atomic E-state index is -5.38. The van der Waals surface area contributed by atoms with Crippen molar-refractivity contribution in [2.24, 2.45) is 7.05 Å². The Bertz CT molecular complexity index is 1480. The quantitative estimate of drug-likeness (QED) is 0.296. The van der Waals surface area contributed by atoms with Crippen LogP contribution in [0.25, 0.3) is 11.2 Å². The van der Waals surface area contributed by atoms with Gasteiger partial charge < -0.3 is 19.7 Å². The molecule has 37 heavy (non-hydrogen) atoms. The van der Waals surface area contributed by atoms with Crippen molar-refractivity contribution in [1.29, 1.82) is 0 Å². The van der Waals surface area contributed by atoms with Crippen molar-refractivity contribution in [3.63, 3.8) is 0 Å². The molecule has 0 spiro atoms. The molecule has 3 aromatic heterocycles. The lowest BCUT2D eigenvalue weighted by Gasteiger charge is -2.28. The summed E-state index contributed by atoms with van der Waals surface area (Å²) >= 11 is 0. The Morgan fingerprint density at radius 3 is 2.62 bits per heavy atom. The van der Waals surface area contributed by atoms with Gasteiger partial charge in [0.05, 0.1) is 6.54 Å². The third-order valence-corrected chi connectivity index (χ3v) is 5.32. The van der Waals surface area contributed by atoms with Gasteiger partial charge in [-0.3, -0.25) is 13.9 Å². The van der Waals surface area contributed by atoms with Gasteiger partial charge in [0.1, 0.15) is 0 Å². The van der Waals surface area contributed by atoms with E-state index in [1.165, 1.54) is 19.2 Å². The van der Waals surface area contributed by atoms with Crippen molar-refractivity contribution in [3.8, 4) is 23.6 Å². The number of hydrogen-bond donors (Lipinski definition) is 1. The SMILES string of the molecule is CC#CCn1c(N2CCNCC2)nc2nc(Oc3cccnc3C(=O)OC(=O)C(F)(F)F)n(C)c(=O)c21. The van der Waals surface area contributed by atoms with Crippen LogP contribution < -0.4 is 20.5 Å². The summed E-state index contributed by atoms with van der Waals surface area (Å²) in [6.45, 7) is 4.59. The molecule has 0 aliphatic carbocycles. The Balaban J connectivity index is 1.75. The molecule has 1 fully saturated rings. The number of aromatic nitrogens is 5. The Morgan fingerprint density at radius 2 is 1.95 bits per heavy atom. The second kappa shape index (κ2) is 10.3. The zero-order chi connectivity index (χ0) is 26.7. The highest BCUT2D eigenvalue weighted by Gasteiger charge is 2.43. The number of rotatable bonds is 5. The first-order valence-corrected chi connectivity index (χ1v) is 10.9. The Kier molecular flexibility index (Phi) is 7.11. The van der Waals surface area contributed by atoms with Crippen molar-refractivity contribution in [2.45, 2.75) is 19.6 Å². The smallest absolute Gasteiger partial charge is 0.423 e. The van der Waals surface area contributed by atoms with Crippen molar-refractivity contribution in [1.82, 2.24) is 29.4 Å². The van der Waals surface area contributed by atoms with Gasteiger partial charge in [0.25, 0.3) is 5.56 Å². The molecule has 0 bridgehead atoms. The van der Waals surface area contributed by atoms with Gasteiger partial charge in [0.15, 0.2) is 22.6 Å². The molecular formula is C22H20F3N7O5. The van der Waals surface area contributed by atoms with Crippen LogP contribution in [0.2, 0.25) is 0 Å². The lowest BCUT2D eigenvalue weighted by atomic mass is 10.3. The lowest BCUT2D eigenvalue weighted by molar-refractivity contribution is -0.193. The molecule has 1 aliphatic rings. The fraction of sp³-hybridized carbons (Fsp3) is 0.364. The number of nitrogens with zero attached hydrogens (tertiary/aromatic N) is 6. The molecule has 0 amide bonds. The normalized spacial score (nSPS) is 13.7. The molecule has 0 radical (unpaired) electrons. The van der Waals surface area contributed by atoms with Crippen molar-refractivity contribution >= 4 is 29.1 Å². The summed E-state index contributed by atoms with van der Waals surface area (Å²) in [5, 5.41) is 3.24. The minimum Gasteiger partial charge on any atom is -0.423 e. The molecule has 0 atom stereocenters. The summed E-state index contributed by atoms with van der Waals surface area (Å²) in [6, 6.07) is 2.20. The maximum Gasteiger partial charge on any atom is 0.491 e. The molecule has 4 heterocycles. The van der Waals surface area contributed by atoms with Crippen molar-refractivity contribution in [3.05, 3.63) is 34.4 Å². The summed E-state index contributed by atoms with van der Waals surface area (Å²) in [6.07, 6.45) is -4.29. The van der Waals surface area contributed by atoms with Crippen LogP contribution >= 0.6 is 0 Å². The van der Waals surface area contributed by atoms with Crippen molar-refractivity contribution < 1.29 is 32.2 Å². The number of hydrogen-bond acceptors (Lipinski definition) is 10. The first-order valence-electron chi connectivity index (χ1n) is 10.9. The van der Waals surface area contributed by atoms with Crippen LogP contribution in [0.15, 0.2) is 23.1 Å². The standard InChI is InChI=1S/C22H20F3N7O5/c1-3-4-10-32-15-16(28-20(32)31-11-8-26-9-12-31)29-21(30(2)17(15)33)36-13-6-5-7-27-14(13)18(34)37-19(35)22(23,24)25/h5-7,26H,8-12H2,1-2H3. The van der Waals surface area contributed by atoms with Gasteiger partial charge in [-0.2, -0.15) is 23.1 Å².